The van der Waals surface area contributed by atoms with Crippen molar-refractivity contribution in [3.63, 3.8) is 0 Å². The van der Waals surface area contributed by atoms with Gasteiger partial charge in [-0.2, -0.15) is 0 Å². The Morgan fingerprint density at radius 2 is 2.10 bits per heavy atom. The molecule has 0 aliphatic rings. The molecule has 1 rings (SSSR count). The van der Waals surface area contributed by atoms with Gasteiger partial charge in [-0.1, -0.05) is 24.0 Å². The predicted octanol–water partition coefficient (Wildman–Crippen LogP) is 0.173. The molecule has 3 N–H and O–H groups in total. The molecular formula is C15H18N2O3. The van der Waals surface area contributed by atoms with Gasteiger partial charge in [-0.15, -0.1) is 0 Å². The molecule has 0 saturated carbocycles. The standard InChI is InChI=1S/C15H18N2O3/c1-12(19)16-11-15(20)17-10-14-7-4-6-13(9-14)5-2-3-8-18/h4,6-7,9,18H,3,8,10-11H2,1H3,(H,16,19)(H,17,20). The minimum Gasteiger partial charge on any atom is -0.395 e. The van der Waals surface area contributed by atoms with Crippen molar-refractivity contribution in [1.29, 1.82) is 0 Å². The fourth-order valence-electron chi connectivity index (χ4n) is 1.45. The van der Waals surface area contributed by atoms with Gasteiger partial charge in [0.05, 0.1) is 13.2 Å². The quantitative estimate of drug-likeness (QED) is 0.670. The molecule has 2 amide bonds. The molecule has 0 saturated heterocycles. The van der Waals surface area contributed by atoms with E-state index in [4.69, 9.17) is 5.11 Å². The van der Waals surface area contributed by atoms with Gasteiger partial charge in [-0.3, -0.25) is 9.59 Å². The van der Waals surface area contributed by atoms with Crippen LogP contribution in [-0.4, -0.2) is 30.1 Å². The van der Waals surface area contributed by atoms with Crippen LogP contribution in [0.1, 0.15) is 24.5 Å². The minimum atomic E-state index is -0.239. The zero-order valence-corrected chi connectivity index (χ0v) is 11.4. The second-order valence-corrected chi connectivity index (χ2v) is 4.16. The van der Waals surface area contributed by atoms with Gasteiger partial charge in [0.1, 0.15) is 0 Å². The molecule has 1 aromatic carbocycles. The highest BCUT2D eigenvalue weighted by Crippen LogP contribution is 2.03. The third-order valence-corrected chi connectivity index (χ3v) is 2.38. The lowest BCUT2D eigenvalue weighted by atomic mass is 10.1. The first-order valence-electron chi connectivity index (χ1n) is 6.31. The topological polar surface area (TPSA) is 78.4 Å². The van der Waals surface area contributed by atoms with Crippen molar-refractivity contribution >= 4 is 11.8 Å². The van der Waals surface area contributed by atoms with Crippen molar-refractivity contribution in [2.24, 2.45) is 0 Å². The number of aliphatic hydroxyl groups is 1. The fraction of sp³-hybridized carbons (Fsp3) is 0.333. The molecule has 0 fully saturated rings. The van der Waals surface area contributed by atoms with Crippen LogP contribution in [0.15, 0.2) is 24.3 Å². The van der Waals surface area contributed by atoms with Crippen LogP contribution in [0.25, 0.3) is 0 Å². The largest absolute Gasteiger partial charge is 0.395 e. The molecule has 0 unspecified atom stereocenters. The van der Waals surface area contributed by atoms with E-state index in [0.717, 1.165) is 11.1 Å². The Labute approximate surface area is 118 Å². The highest BCUT2D eigenvalue weighted by Gasteiger charge is 2.02. The van der Waals surface area contributed by atoms with Gasteiger partial charge in [-0.25, -0.2) is 0 Å². The number of rotatable bonds is 5. The molecule has 0 radical (unpaired) electrons. The molecule has 20 heavy (non-hydrogen) atoms. The smallest absolute Gasteiger partial charge is 0.239 e. The first-order chi connectivity index (χ1) is 9.61. The summed E-state index contributed by atoms with van der Waals surface area (Å²) in [6, 6.07) is 7.49. The Morgan fingerprint density at radius 3 is 2.80 bits per heavy atom. The van der Waals surface area contributed by atoms with Gasteiger partial charge in [0.2, 0.25) is 11.8 Å². The Balaban J connectivity index is 2.48. The zero-order chi connectivity index (χ0) is 14.8. The van der Waals surface area contributed by atoms with E-state index in [1.165, 1.54) is 6.92 Å². The predicted molar refractivity (Wildman–Crippen MR) is 75.6 cm³/mol. The number of hydrogen-bond acceptors (Lipinski definition) is 3. The second kappa shape index (κ2) is 8.73. The van der Waals surface area contributed by atoms with E-state index < -0.39 is 0 Å². The van der Waals surface area contributed by atoms with Crippen LogP contribution in [0.4, 0.5) is 0 Å². The van der Waals surface area contributed by atoms with Crippen LogP contribution < -0.4 is 10.6 Å². The summed E-state index contributed by atoms with van der Waals surface area (Å²) >= 11 is 0. The zero-order valence-electron chi connectivity index (χ0n) is 11.4. The summed E-state index contributed by atoms with van der Waals surface area (Å²) in [7, 11) is 0. The second-order valence-electron chi connectivity index (χ2n) is 4.16. The third kappa shape index (κ3) is 6.57. The van der Waals surface area contributed by atoms with Gasteiger partial charge in [-0.05, 0) is 17.7 Å². The SMILES string of the molecule is CC(=O)NCC(=O)NCc1cccc(C#CCCO)c1. The number of carbonyl (C=O) groups excluding carboxylic acids is 2. The summed E-state index contributed by atoms with van der Waals surface area (Å²) < 4.78 is 0. The summed E-state index contributed by atoms with van der Waals surface area (Å²) in [5.41, 5.74) is 1.77. The molecule has 0 heterocycles. The molecule has 0 atom stereocenters. The van der Waals surface area contributed by atoms with Crippen LogP contribution in [-0.2, 0) is 16.1 Å². The lowest BCUT2D eigenvalue weighted by Gasteiger charge is -2.06. The van der Waals surface area contributed by atoms with Crippen LogP contribution in [0.3, 0.4) is 0 Å². The first kappa shape index (κ1) is 15.7. The van der Waals surface area contributed by atoms with Gasteiger partial charge in [0.15, 0.2) is 0 Å². The van der Waals surface area contributed by atoms with Crippen molar-refractivity contribution < 1.29 is 14.7 Å². The Morgan fingerprint density at radius 1 is 1.30 bits per heavy atom. The van der Waals surface area contributed by atoms with Crippen LogP contribution in [0.5, 0.6) is 0 Å². The normalized spacial score (nSPS) is 9.30. The lowest BCUT2D eigenvalue weighted by molar-refractivity contribution is -0.125. The fourth-order valence-corrected chi connectivity index (χ4v) is 1.45. The van der Waals surface area contributed by atoms with Crippen molar-refractivity contribution in [1.82, 2.24) is 10.6 Å². The summed E-state index contributed by atoms with van der Waals surface area (Å²) in [6.45, 7) is 1.77. The molecule has 0 bridgehead atoms. The number of hydrogen-bond donors (Lipinski definition) is 3. The Bertz CT molecular complexity index is 529. The molecule has 0 spiro atoms. The summed E-state index contributed by atoms with van der Waals surface area (Å²) in [5.74, 6) is 5.30. The average molecular weight is 274 g/mol. The van der Waals surface area contributed by atoms with Crippen molar-refractivity contribution in [3.8, 4) is 11.8 Å². The van der Waals surface area contributed by atoms with Crippen LogP contribution >= 0.6 is 0 Å². The molecule has 5 heteroatoms. The van der Waals surface area contributed by atoms with E-state index in [1.807, 2.05) is 24.3 Å². The maximum absolute atomic E-state index is 11.4. The molecule has 106 valence electrons. The van der Waals surface area contributed by atoms with Crippen molar-refractivity contribution in [3.05, 3.63) is 35.4 Å². The van der Waals surface area contributed by atoms with Gasteiger partial charge >= 0.3 is 0 Å². The Hall–Kier alpha value is -2.32. The van der Waals surface area contributed by atoms with Gasteiger partial charge < -0.3 is 15.7 Å². The van der Waals surface area contributed by atoms with E-state index in [1.54, 1.807) is 0 Å². The monoisotopic (exact) mass is 274 g/mol. The van der Waals surface area contributed by atoms with Crippen molar-refractivity contribution in [2.75, 3.05) is 13.2 Å². The lowest BCUT2D eigenvalue weighted by Crippen LogP contribution is -2.35. The summed E-state index contributed by atoms with van der Waals surface area (Å²) in [6.07, 6.45) is 0.442. The number of aliphatic hydroxyl groups excluding tert-OH is 1. The Kier molecular flexibility index (Phi) is 6.87. The molecule has 5 nitrogen and oxygen atoms in total. The van der Waals surface area contributed by atoms with E-state index in [2.05, 4.69) is 22.5 Å². The molecular weight excluding hydrogens is 256 g/mol. The minimum absolute atomic E-state index is 0.0225. The highest BCUT2D eigenvalue weighted by molar-refractivity contribution is 5.83. The molecule has 0 aromatic heterocycles. The average Bonchev–Trinajstić information content (AvgIpc) is 2.43. The molecule has 1 aromatic rings. The third-order valence-electron chi connectivity index (χ3n) is 2.38. The maximum Gasteiger partial charge on any atom is 0.239 e. The van der Waals surface area contributed by atoms with Crippen LogP contribution in [0, 0.1) is 11.8 Å². The molecule has 0 aliphatic carbocycles. The van der Waals surface area contributed by atoms with Gasteiger partial charge in [0.25, 0.3) is 0 Å². The van der Waals surface area contributed by atoms with E-state index >= 15 is 0 Å². The maximum atomic E-state index is 11.4. The number of benzene rings is 1. The molecule has 0 aliphatic heterocycles. The number of amides is 2. The van der Waals surface area contributed by atoms with Gasteiger partial charge in [0, 0.05) is 25.5 Å². The number of nitrogens with one attached hydrogen (secondary N) is 2. The van der Waals surface area contributed by atoms with E-state index in [0.29, 0.717) is 13.0 Å². The van der Waals surface area contributed by atoms with Crippen molar-refractivity contribution in [2.45, 2.75) is 19.9 Å². The summed E-state index contributed by atoms with van der Waals surface area (Å²) in [4.78, 5) is 22.1. The van der Waals surface area contributed by atoms with E-state index in [-0.39, 0.29) is 25.0 Å². The summed E-state index contributed by atoms with van der Waals surface area (Å²) in [5, 5.41) is 13.8. The van der Waals surface area contributed by atoms with Crippen LogP contribution in [0.2, 0.25) is 0 Å². The highest BCUT2D eigenvalue weighted by atomic mass is 16.2. The number of carbonyl (C=O) groups is 2. The van der Waals surface area contributed by atoms with E-state index in [9.17, 15) is 9.59 Å². The first-order valence-corrected chi connectivity index (χ1v) is 6.31.